The summed E-state index contributed by atoms with van der Waals surface area (Å²) in [6, 6.07) is 2.09. The molecule has 1 aliphatic rings. The molecular weight excluding hydrogens is 274 g/mol. The van der Waals surface area contributed by atoms with Crippen molar-refractivity contribution in [1.29, 1.82) is 0 Å². The number of amides is 1. The molecule has 0 unspecified atom stereocenters. The minimum atomic E-state index is 0.0416. The fourth-order valence-corrected chi connectivity index (χ4v) is 3.20. The second-order valence-electron chi connectivity index (χ2n) is 4.75. The van der Waals surface area contributed by atoms with E-state index >= 15 is 0 Å². The number of fused-ring (bicyclic) bond motifs is 1. The van der Waals surface area contributed by atoms with Crippen molar-refractivity contribution in [1.82, 2.24) is 15.3 Å². The first-order valence-corrected chi connectivity index (χ1v) is 7.52. The van der Waals surface area contributed by atoms with Gasteiger partial charge in [0.05, 0.1) is 11.9 Å². The number of hydrogen-bond donors (Lipinski definition) is 2. The first-order chi connectivity index (χ1) is 9.67. The van der Waals surface area contributed by atoms with Crippen molar-refractivity contribution >= 4 is 39.2 Å². The van der Waals surface area contributed by atoms with Gasteiger partial charge in [-0.25, -0.2) is 4.98 Å². The van der Waals surface area contributed by atoms with Crippen LogP contribution in [-0.2, 0) is 4.79 Å². The van der Waals surface area contributed by atoms with Crippen molar-refractivity contribution in [2.75, 3.05) is 36.4 Å². The highest BCUT2D eigenvalue weighted by atomic mass is 32.1. The average molecular weight is 291 g/mol. The van der Waals surface area contributed by atoms with E-state index in [2.05, 4.69) is 33.6 Å². The van der Waals surface area contributed by atoms with Gasteiger partial charge in [0.25, 0.3) is 0 Å². The van der Waals surface area contributed by atoms with Gasteiger partial charge < -0.3 is 15.5 Å². The summed E-state index contributed by atoms with van der Waals surface area (Å²) >= 11 is 1.65. The van der Waals surface area contributed by atoms with Crippen LogP contribution in [0.3, 0.4) is 0 Å². The predicted octanol–water partition coefficient (Wildman–Crippen LogP) is 1.37. The number of carbonyl (C=O) groups excluding carboxylic acids is 1. The zero-order valence-electron chi connectivity index (χ0n) is 11.6. The molecule has 3 rings (SSSR count). The van der Waals surface area contributed by atoms with E-state index in [1.165, 1.54) is 4.88 Å². The Hall–Kier alpha value is -1.89. The number of carbonyl (C=O) groups is 1. The first-order valence-electron chi connectivity index (χ1n) is 6.71. The molecule has 0 saturated carbocycles. The van der Waals surface area contributed by atoms with Crippen LogP contribution in [0.1, 0.15) is 11.8 Å². The minimum absolute atomic E-state index is 0.0416. The highest BCUT2D eigenvalue weighted by molar-refractivity contribution is 7.18. The quantitative estimate of drug-likeness (QED) is 0.894. The van der Waals surface area contributed by atoms with E-state index in [1.807, 2.05) is 11.8 Å². The highest BCUT2D eigenvalue weighted by Crippen LogP contribution is 2.31. The van der Waals surface area contributed by atoms with Gasteiger partial charge in [-0.15, -0.1) is 11.3 Å². The van der Waals surface area contributed by atoms with Gasteiger partial charge in [-0.1, -0.05) is 0 Å². The van der Waals surface area contributed by atoms with Gasteiger partial charge in [0.1, 0.15) is 10.6 Å². The lowest BCUT2D eigenvalue weighted by atomic mass is 10.3. The smallest absolute Gasteiger partial charge is 0.239 e. The highest BCUT2D eigenvalue weighted by Gasteiger charge is 2.21. The number of thiophene rings is 1. The van der Waals surface area contributed by atoms with Gasteiger partial charge in [-0.05, 0) is 19.9 Å². The third-order valence-electron chi connectivity index (χ3n) is 3.17. The molecule has 0 atom stereocenters. The molecule has 3 heterocycles. The van der Waals surface area contributed by atoms with E-state index < -0.39 is 0 Å². The Balaban J connectivity index is 2.08. The second kappa shape index (κ2) is 5.24. The maximum atomic E-state index is 11.6. The van der Waals surface area contributed by atoms with Crippen molar-refractivity contribution < 1.29 is 4.79 Å². The van der Waals surface area contributed by atoms with Crippen molar-refractivity contribution in [2.45, 2.75) is 13.8 Å². The second-order valence-corrected chi connectivity index (χ2v) is 5.98. The molecule has 0 aliphatic carbocycles. The first kappa shape index (κ1) is 13.1. The van der Waals surface area contributed by atoms with Gasteiger partial charge in [-0.3, -0.25) is 4.79 Å². The molecule has 1 amide bonds. The summed E-state index contributed by atoms with van der Waals surface area (Å²) in [5.41, 5.74) is 0. The van der Waals surface area contributed by atoms with Gasteiger partial charge in [-0.2, -0.15) is 4.98 Å². The van der Waals surface area contributed by atoms with Gasteiger partial charge in [0, 0.05) is 24.5 Å². The predicted molar refractivity (Wildman–Crippen MR) is 81.5 cm³/mol. The van der Waals surface area contributed by atoms with Crippen LogP contribution in [0.5, 0.6) is 0 Å². The fraction of sp³-hybridized carbons (Fsp3) is 0.462. The molecule has 0 bridgehead atoms. The molecule has 1 aliphatic heterocycles. The Kier molecular flexibility index (Phi) is 3.43. The molecule has 0 radical (unpaired) electrons. The van der Waals surface area contributed by atoms with Crippen molar-refractivity contribution in [3.63, 3.8) is 0 Å². The van der Waals surface area contributed by atoms with E-state index in [0.29, 0.717) is 19.0 Å². The molecule has 2 aromatic rings. The van der Waals surface area contributed by atoms with Crippen LogP contribution in [-0.4, -0.2) is 42.1 Å². The van der Waals surface area contributed by atoms with Crippen LogP contribution >= 0.6 is 11.3 Å². The lowest BCUT2D eigenvalue weighted by molar-refractivity contribution is -0.120. The topological polar surface area (TPSA) is 70.2 Å². The number of nitrogens with zero attached hydrogens (tertiary/aromatic N) is 3. The van der Waals surface area contributed by atoms with Gasteiger partial charge in [0.2, 0.25) is 11.9 Å². The lowest BCUT2D eigenvalue weighted by Crippen LogP contribution is -2.48. The summed E-state index contributed by atoms with van der Waals surface area (Å²) in [6.45, 7) is 6.64. The number of nitrogens with one attached hydrogen (secondary N) is 2. The Labute approximate surface area is 121 Å². The Morgan fingerprint density at radius 1 is 1.50 bits per heavy atom. The summed E-state index contributed by atoms with van der Waals surface area (Å²) in [5, 5.41) is 7.03. The summed E-state index contributed by atoms with van der Waals surface area (Å²) in [4.78, 5) is 24.9. The number of piperazine rings is 1. The Morgan fingerprint density at radius 2 is 2.35 bits per heavy atom. The maximum Gasteiger partial charge on any atom is 0.239 e. The Morgan fingerprint density at radius 3 is 3.10 bits per heavy atom. The number of rotatable bonds is 3. The summed E-state index contributed by atoms with van der Waals surface area (Å²) in [5.74, 6) is 1.52. The zero-order chi connectivity index (χ0) is 14.1. The van der Waals surface area contributed by atoms with E-state index in [0.717, 1.165) is 29.1 Å². The van der Waals surface area contributed by atoms with E-state index in [9.17, 15) is 4.79 Å². The molecule has 1 saturated heterocycles. The van der Waals surface area contributed by atoms with Crippen LogP contribution in [0, 0.1) is 6.92 Å². The zero-order valence-corrected chi connectivity index (χ0v) is 12.4. The van der Waals surface area contributed by atoms with Gasteiger partial charge >= 0.3 is 0 Å². The molecule has 2 N–H and O–H groups in total. The molecule has 1 fully saturated rings. The molecule has 20 heavy (non-hydrogen) atoms. The minimum Gasteiger partial charge on any atom is -0.354 e. The van der Waals surface area contributed by atoms with Crippen molar-refractivity contribution in [3.05, 3.63) is 10.9 Å². The number of aryl methyl sites for hydroxylation is 1. The van der Waals surface area contributed by atoms with Crippen molar-refractivity contribution in [2.24, 2.45) is 0 Å². The third-order valence-corrected chi connectivity index (χ3v) is 4.11. The normalized spacial score (nSPS) is 15.5. The van der Waals surface area contributed by atoms with Crippen LogP contribution < -0.4 is 15.5 Å². The molecule has 2 aromatic heterocycles. The van der Waals surface area contributed by atoms with Gasteiger partial charge in [0.15, 0.2) is 0 Å². The standard InChI is InChI=1S/C13H17N5OS/c1-3-14-13-16-11(18-5-4-15-10(19)7-18)9-6-8(2)20-12(9)17-13/h6H,3-5,7H2,1-2H3,(H,15,19)(H,14,16,17). The number of aromatic nitrogens is 2. The molecule has 7 heteroatoms. The summed E-state index contributed by atoms with van der Waals surface area (Å²) < 4.78 is 0. The molecule has 0 aromatic carbocycles. The monoisotopic (exact) mass is 291 g/mol. The van der Waals surface area contributed by atoms with E-state index in [1.54, 1.807) is 11.3 Å². The van der Waals surface area contributed by atoms with E-state index in [-0.39, 0.29) is 5.91 Å². The van der Waals surface area contributed by atoms with Crippen molar-refractivity contribution in [3.8, 4) is 0 Å². The van der Waals surface area contributed by atoms with Crippen LogP contribution in [0.15, 0.2) is 6.07 Å². The largest absolute Gasteiger partial charge is 0.354 e. The fourth-order valence-electron chi connectivity index (χ4n) is 2.32. The molecule has 0 spiro atoms. The Bertz CT molecular complexity index is 653. The van der Waals surface area contributed by atoms with Crippen LogP contribution in [0.4, 0.5) is 11.8 Å². The molecule has 106 valence electrons. The summed E-state index contributed by atoms with van der Waals surface area (Å²) in [7, 11) is 0. The summed E-state index contributed by atoms with van der Waals surface area (Å²) in [6.07, 6.45) is 0. The number of hydrogen-bond acceptors (Lipinski definition) is 6. The van der Waals surface area contributed by atoms with Crippen LogP contribution in [0.2, 0.25) is 0 Å². The van der Waals surface area contributed by atoms with E-state index in [4.69, 9.17) is 0 Å². The third kappa shape index (κ3) is 2.40. The number of anilines is 2. The molecule has 6 nitrogen and oxygen atoms in total. The van der Waals surface area contributed by atoms with Crippen LogP contribution in [0.25, 0.3) is 10.2 Å². The lowest BCUT2D eigenvalue weighted by Gasteiger charge is -2.28. The SMILES string of the molecule is CCNc1nc(N2CCNC(=O)C2)c2cc(C)sc2n1. The average Bonchev–Trinajstić information content (AvgIpc) is 2.78. The maximum absolute atomic E-state index is 11.6. The molecular formula is C13H17N5OS.